The van der Waals surface area contributed by atoms with E-state index in [1.807, 2.05) is 30.2 Å². The van der Waals surface area contributed by atoms with Gasteiger partial charge in [0.05, 0.1) is 18.3 Å². The van der Waals surface area contributed by atoms with Crippen LogP contribution in [0.4, 0.5) is 16.4 Å². The molecule has 172 valence electrons. The minimum Gasteiger partial charge on any atom is -0.450 e. The van der Waals surface area contributed by atoms with Crippen LogP contribution >= 0.6 is 0 Å². The van der Waals surface area contributed by atoms with Gasteiger partial charge in [-0.05, 0) is 64.5 Å². The molecule has 1 amide bonds. The van der Waals surface area contributed by atoms with Gasteiger partial charge in [-0.1, -0.05) is 0 Å². The van der Waals surface area contributed by atoms with Crippen molar-refractivity contribution >= 4 is 28.6 Å². The molecule has 0 spiro atoms. The highest BCUT2D eigenvalue weighted by Crippen LogP contribution is 2.36. The maximum atomic E-state index is 12.5. The Hall–Kier alpha value is -2.65. The SMILES string of the molecule is CCOC(=O)N1[C@@H]2CCC[C@H]1CC(Nc1nc(NC3CC(C)NN3)cc3ncccc13)C2. The van der Waals surface area contributed by atoms with E-state index < -0.39 is 0 Å². The topological polar surface area (TPSA) is 103 Å². The maximum Gasteiger partial charge on any atom is 0.410 e. The second kappa shape index (κ2) is 9.07. The van der Waals surface area contributed by atoms with E-state index in [4.69, 9.17) is 9.72 Å². The van der Waals surface area contributed by atoms with Gasteiger partial charge in [-0.15, -0.1) is 0 Å². The summed E-state index contributed by atoms with van der Waals surface area (Å²) in [7, 11) is 0. The Bertz CT molecular complexity index is 957. The van der Waals surface area contributed by atoms with Gasteiger partial charge < -0.3 is 20.3 Å². The number of rotatable bonds is 5. The summed E-state index contributed by atoms with van der Waals surface area (Å²) < 4.78 is 5.34. The Morgan fingerprint density at radius 1 is 1.22 bits per heavy atom. The average Bonchev–Trinajstić information content (AvgIpc) is 3.17. The number of hydrogen-bond donors (Lipinski definition) is 4. The van der Waals surface area contributed by atoms with Gasteiger partial charge in [0.25, 0.3) is 0 Å². The lowest BCUT2D eigenvalue weighted by atomic mass is 9.82. The average molecular weight is 440 g/mol. The molecule has 3 fully saturated rings. The number of fused-ring (bicyclic) bond motifs is 3. The molecular formula is C23H33N7O2. The molecule has 5 atom stereocenters. The summed E-state index contributed by atoms with van der Waals surface area (Å²) in [5, 5.41) is 8.21. The van der Waals surface area contributed by atoms with Gasteiger partial charge in [0.1, 0.15) is 11.6 Å². The molecule has 9 nitrogen and oxygen atoms in total. The molecule has 2 bridgehead atoms. The Kier molecular flexibility index (Phi) is 6.01. The van der Waals surface area contributed by atoms with Crippen LogP contribution in [0.25, 0.3) is 10.9 Å². The van der Waals surface area contributed by atoms with Crippen molar-refractivity contribution in [1.29, 1.82) is 0 Å². The van der Waals surface area contributed by atoms with E-state index in [0.717, 1.165) is 54.6 Å². The molecule has 3 unspecified atom stereocenters. The summed E-state index contributed by atoms with van der Waals surface area (Å²) in [4.78, 5) is 24.0. The number of hydrogen-bond acceptors (Lipinski definition) is 8. The van der Waals surface area contributed by atoms with Crippen LogP contribution in [-0.4, -0.2) is 57.9 Å². The molecule has 0 radical (unpaired) electrons. The van der Waals surface area contributed by atoms with Gasteiger partial charge >= 0.3 is 6.09 Å². The van der Waals surface area contributed by atoms with Gasteiger partial charge in [0.15, 0.2) is 0 Å². The highest BCUT2D eigenvalue weighted by atomic mass is 16.6. The smallest absolute Gasteiger partial charge is 0.410 e. The second-order valence-corrected chi connectivity index (χ2v) is 9.21. The predicted octanol–water partition coefficient (Wildman–Crippen LogP) is 3.21. The van der Waals surface area contributed by atoms with Crippen molar-refractivity contribution in [3.05, 3.63) is 24.4 Å². The zero-order valence-electron chi connectivity index (χ0n) is 18.8. The van der Waals surface area contributed by atoms with Crippen molar-refractivity contribution in [1.82, 2.24) is 25.7 Å². The number of ether oxygens (including phenoxy) is 1. The van der Waals surface area contributed by atoms with Gasteiger partial charge in [-0.2, -0.15) is 0 Å². The Labute approximate surface area is 188 Å². The number of anilines is 2. The zero-order valence-corrected chi connectivity index (χ0v) is 18.8. The van der Waals surface area contributed by atoms with Crippen LogP contribution in [0.2, 0.25) is 0 Å². The molecule has 0 aliphatic carbocycles. The Balaban J connectivity index is 1.36. The molecule has 32 heavy (non-hydrogen) atoms. The summed E-state index contributed by atoms with van der Waals surface area (Å²) in [6.07, 6.45) is 7.79. The number of carbonyl (C=O) groups is 1. The molecule has 5 heterocycles. The molecule has 9 heteroatoms. The fraction of sp³-hybridized carbons (Fsp3) is 0.609. The third kappa shape index (κ3) is 4.31. The Morgan fingerprint density at radius 3 is 2.75 bits per heavy atom. The first-order valence-electron chi connectivity index (χ1n) is 11.9. The quantitative estimate of drug-likeness (QED) is 0.563. The summed E-state index contributed by atoms with van der Waals surface area (Å²) in [5.74, 6) is 1.65. The van der Waals surface area contributed by atoms with Crippen molar-refractivity contribution in [3.63, 3.8) is 0 Å². The second-order valence-electron chi connectivity index (χ2n) is 9.21. The first-order chi connectivity index (χ1) is 15.6. The van der Waals surface area contributed by atoms with Gasteiger partial charge in [-0.3, -0.25) is 10.4 Å². The van der Waals surface area contributed by atoms with E-state index in [1.165, 1.54) is 6.42 Å². The maximum absolute atomic E-state index is 12.5. The van der Waals surface area contributed by atoms with Crippen molar-refractivity contribution in [3.8, 4) is 0 Å². The number of piperidine rings is 2. The lowest BCUT2D eigenvalue weighted by molar-refractivity contribution is 0.0218. The van der Waals surface area contributed by atoms with Crippen molar-refractivity contribution in [2.24, 2.45) is 0 Å². The third-order valence-electron chi connectivity index (χ3n) is 6.81. The predicted molar refractivity (Wildman–Crippen MR) is 124 cm³/mol. The number of nitrogens with one attached hydrogen (secondary N) is 4. The fourth-order valence-electron chi connectivity index (χ4n) is 5.44. The number of aromatic nitrogens is 2. The van der Waals surface area contributed by atoms with Crippen molar-refractivity contribution in [2.75, 3.05) is 17.2 Å². The molecule has 5 rings (SSSR count). The van der Waals surface area contributed by atoms with E-state index in [0.29, 0.717) is 12.6 Å². The molecule has 4 N–H and O–H groups in total. The van der Waals surface area contributed by atoms with Crippen LogP contribution in [-0.2, 0) is 4.74 Å². The van der Waals surface area contributed by atoms with Crippen molar-refractivity contribution in [2.45, 2.75) is 82.7 Å². The first kappa shape index (κ1) is 21.2. The fourth-order valence-corrected chi connectivity index (χ4v) is 5.44. The van der Waals surface area contributed by atoms with Crippen LogP contribution in [0, 0.1) is 0 Å². The number of nitrogens with zero attached hydrogens (tertiary/aromatic N) is 3. The number of hydrazine groups is 1. The van der Waals surface area contributed by atoms with Gasteiger partial charge in [-0.25, -0.2) is 15.2 Å². The summed E-state index contributed by atoms with van der Waals surface area (Å²) in [5.41, 5.74) is 7.42. The van der Waals surface area contributed by atoms with Crippen LogP contribution < -0.4 is 21.5 Å². The number of carbonyl (C=O) groups excluding carboxylic acids is 1. The minimum atomic E-state index is -0.161. The molecule has 2 aromatic heterocycles. The minimum absolute atomic E-state index is 0.124. The van der Waals surface area contributed by atoms with E-state index in [9.17, 15) is 4.79 Å². The third-order valence-corrected chi connectivity index (χ3v) is 6.81. The summed E-state index contributed by atoms with van der Waals surface area (Å²) in [6, 6.07) is 7.13. The van der Waals surface area contributed by atoms with E-state index in [-0.39, 0.29) is 30.4 Å². The van der Waals surface area contributed by atoms with Crippen LogP contribution in [0.3, 0.4) is 0 Å². The van der Waals surface area contributed by atoms with Crippen LogP contribution in [0.1, 0.15) is 52.4 Å². The van der Waals surface area contributed by atoms with E-state index in [2.05, 4.69) is 39.5 Å². The number of amides is 1. The van der Waals surface area contributed by atoms with Crippen LogP contribution in [0.5, 0.6) is 0 Å². The summed E-state index contributed by atoms with van der Waals surface area (Å²) >= 11 is 0. The molecule has 0 aromatic carbocycles. The lowest BCUT2D eigenvalue weighted by Gasteiger charge is -2.48. The highest BCUT2D eigenvalue weighted by molar-refractivity contribution is 5.91. The largest absolute Gasteiger partial charge is 0.450 e. The van der Waals surface area contributed by atoms with Gasteiger partial charge in [0.2, 0.25) is 0 Å². The molecule has 3 aliphatic heterocycles. The summed E-state index contributed by atoms with van der Waals surface area (Å²) in [6.45, 7) is 4.44. The Morgan fingerprint density at radius 2 is 2.03 bits per heavy atom. The molecule has 2 aromatic rings. The lowest BCUT2D eigenvalue weighted by Crippen LogP contribution is -2.57. The molecule has 0 saturated carbocycles. The van der Waals surface area contributed by atoms with Crippen LogP contribution in [0.15, 0.2) is 24.4 Å². The normalized spacial score (nSPS) is 29.7. The molecular weight excluding hydrogens is 406 g/mol. The standard InChI is InChI=1S/C23H33N7O2/c1-3-32-23(31)30-16-6-4-7-17(30)12-15(11-16)25-22-18-8-5-9-24-19(18)13-20(27-22)26-21-10-14(2)28-29-21/h5,8-9,13-17,21,28-29H,3-4,6-7,10-12H2,1-2H3,(H2,25,26,27)/t14?,15?,16-,17+,21?. The first-order valence-corrected chi connectivity index (χ1v) is 11.9. The van der Waals surface area contributed by atoms with E-state index >= 15 is 0 Å². The van der Waals surface area contributed by atoms with E-state index in [1.54, 1.807) is 0 Å². The molecule has 3 saturated heterocycles. The molecule has 3 aliphatic rings. The zero-order chi connectivity index (χ0) is 22.1. The monoisotopic (exact) mass is 439 g/mol. The van der Waals surface area contributed by atoms with Crippen molar-refractivity contribution < 1.29 is 9.53 Å². The van der Waals surface area contributed by atoms with Gasteiger partial charge in [0, 0.05) is 41.8 Å². The number of pyridine rings is 2. The highest BCUT2D eigenvalue weighted by Gasteiger charge is 2.41.